The quantitative estimate of drug-likeness (QED) is 0.342. The van der Waals surface area contributed by atoms with Gasteiger partial charge in [0.25, 0.3) is 0 Å². The van der Waals surface area contributed by atoms with E-state index in [2.05, 4.69) is 16.6 Å². The van der Waals surface area contributed by atoms with E-state index in [1.807, 2.05) is 24.3 Å². The molecular formula is C17H19N3O. The zero-order chi connectivity index (χ0) is 14.8. The SMILES string of the molecule is C=C1C[C@@H]2CC(=O)[C@H](Cc3ccc(N=[N+]=[N-])cc3)[C@H](C1)C2. The first-order valence-corrected chi connectivity index (χ1v) is 7.49. The van der Waals surface area contributed by atoms with E-state index in [1.165, 1.54) is 12.0 Å². The highest BCUT2D eigenvalue weighted by atomic mass is 16.1. The number of allylic oxidation sites excluding steroid dienone is 1. The maximum Gasteiger partial charge on any atom is 0.136 e. The van der Waals surface area contributed by atoms with Gasteiger partial charge in [0.2, 0.25) is 0 Å². The molecule has 1 aromatic carbocycles. The van der Waals surface area contributed by atoms with Crippen LogP contribution in [0, 0.1) is 17.8 Å². The van der Waals surface area contributed by atoms with Crippen molar-refractivity contribution < 1.29 is 4.79 Å². The number of hydrogen-bond donors (Lipinski definition) is 0. The van der Waals surface area contributed by atoms with E-state index in [-0.39, 0.29) is 5.92 Å². The second-order valence-corrected chi connectivity index (χ2v) is 6.36. The summed E-state index contributed by atoms with van der Waals surface area (Å²) in [5.41, 5.74) is 11.5. The molecule has 108 valence electrons. The van der Waals surface area contributed by atoms with Crippen LogP contribution in [0.2, 0.25) is 0 Å². The van der Waals surface area contributed by atoms with Crippen LogP contribution in [-0.4, -0.2) is 5.78 Å². The summed E-state index contributed by atoms with van der Waals surface area (Å²) >= 11 is 0. The van der Waals surface area contributed by atoms with Crippen molar-refractivity contribution in [1.29, 1.82) is 0 Å². The van der Waals surface area contributed by atoms with Crippen molar-refractivity contribution in [3.05, 3.63) is 52.4 Å². The van der Waals surface area contributed by atoms with Gasteiger partial charge in [-0.05, 0) is 48.6 Å². The van der Waals surface area contributed by atoms with Crippen molar-refractivity contribution in [3.63, 3.8) is 0 Å². The number of fused-ring (bicyclic) bond motifs is 2. The molecule has 2 fully saturated rings. The van der Waals surface area contributed by atoms with Crippen LogP contribution in [0.25, 0.3) is 10.4 Å². The normalized spacial score (nSPS) is 28.1. The Morgan fingerprint density at radius 3 is 2.71 bits per heavy atom. The van der Waals surface area contributed by atoms with Gasteiger partial charge in [-0.1, -0.05) is 41.5 Å². The first-order chi connectivity index (χ1) is 10.2. The van der Waals surface area contributed by atoms with E-state index in [0.717, 1.165) is 31.2 Å². The number of ketones is 1. The molecule has 0 saturated heterocycles. The van der Waals surface area contributed by atoms with Crippen molar-refractivity contribution in [3.8, 4) is 0 Å². The minimum Gasteiger partial charge on any atom is -0.299 e. The van der Waals surface area contributed by atoms with Crippen molar-refractivity contribution in [2.75, 3.05) is 0 Å². The Kier molecular flexibility index (Phi) is 3.80. The molecule has 0 aliphatic heterocycles. The highest BCUT2D eigenvalue weighted by molar-refractivity contribution is 5.83. The van der Waals surface area contributed by atoms with Crippen LogP contribution in [0.15, 0.2) is 41.5 Å². The number of Topliss-reactive ketones (excluding diaryl/α,β-unsaturated/α-hetero) is 1. The van der Waals surface area contributed by atoms with Crippen LogP contribution in [0.4, 0.5) is 5.69 Å². The molecule has 0 radical (unpaired) electrons. The molecule has 1 aromatic rings. The standard InChI is InChI=1S/C17H19N3O/c1-11-6-13-8-14(7-11)16(17(21)10-13)9-12-2-4-15(5-3-12)19-20-18/h2-5,13-14,16H,1,6-10H2/t13-,14+,16+/m0/s1. The highest BCUT2D eigenvalue weighted by Crippen LogP contribution is 2.44. The third kappa shape index (κ3) is 3.01. The molecule has 0 N–H and O–H groups in total. The topological polar surface area (TPSA) is 65.8 Å². The van der Waals surface area contributed by atoms with Gasteiger partial charge in [-0.25, -0.2) is 0 Å². The van der Waals surface area contributed by atoms with Gasteiger partial charge in [0, 0.05) is 22.9 Å². The molecule has 0 spiro atoms. The lowest BCUT2D eigenvalue weighted by atomic mass is 9.64. The third-order valence-corrected chi connectivity index (χ3v) is 4.79. The molecule has 3 rings (SSSR count). The summed E-state index contributed by atoms with van der Waals surface area (Å²) in [4.78, 5) is 15.2. The zero-order valence-electron chi connectivity index (χ0n) is 12.0. The molecule has 2 saturated carbocycles. The smallest absolute Gasteiger partial charge is 0.136 e. The van der Waals surface area contributed by atoms with E-state index >= 15 is 0 Å². The number of hydrogen-bond acceptors (Lipinski definition) is 2. The summed E-state index contributed by atoms with van der Waals surface area (Å²) in [5, 5.41) is 3.57. The van der Waals surface area contributed by atoms with Crippen LogP contribution in [0.5, 0.6) is 0 Å². The lowest BCUT2D eigenvalue weighted by Gasteiger charge is -2.40. The average Bonchev–Trinajstić information content (AvgIpc) is 2.45. The van der Waals surface area contributed by atoms with E-state index in [4.69, 9.17) is 5.53 Å². The molecule has 2 bridgehead atoms. The van der Waals surface area contributed by atoms with Crippen LogP contribution < -0.4 is 0 Å². The Bertz CT molecular complexity index is 613. The van der Waals surface area contributed by atoms with Gasteiger partial charge < -0.3 is 0 Å². The van der Waals surface area contributed by atoms with Gasteiger partial charge in [-0.3, -0.25) is 4.79 Å². The highest BCUT2D eigenvalue weighted by Gasteiger charge is 2.39. The number of rotatable bonds is 3. The minimum absolute atomic E-state index is 0.128. The lowest BCUT2D eigenvalue weighted by Crippen LogP contribution is -2.37. The van der Waals surface area contributed by atoms with Crippen molar-refractivity contribution in [1.82, 2.24) is 0 Å². The van der Waals surface area contributed by atoms with E-state index in [9.17, 15) is 4.79 Å². The molecule has 0 amide bonds. The first-order valence-electron chi connectivity index (χ1n) is 7.49. The Morgan fingerprint density at radius 2 is 2.00 bits per heavy atom. The first kappa shape index (κ1) is 13.9. The fourth-order valence-electron chi connectivity index (χ4n) is 3.90. The molecular weight excluding hydrogens is 262 g/mol. The van der Waals surface area contributed by atoms with Crippen molar-refractivity contribution >= 4 is 11.5 Å². The molecule has 21 heavy (non-hydrogen) atoms. The Morgan fingerprint density at radius 1 is 1.24 bits per heavy atom. The molecule has 3 atom stereocenters. The van der Waals surface area contributed by atoms with Crippen molar-refractivity contribution in [2.24, 2.45) is 22.9 Å². The van der Waals surface area contributed by atoms with Crippen molar-refractivity contribution in [2.45, 2.75) is 32.1 Å². The number of azide groups is 1. The van der Waals surface area contributed by atoms with Gasteiger partial charge in [-0.15, -0.1) is 0 Å². The third-order valence-electron chi connectivity index (χ3n) is 4.79. The van der Waals surface area contributed by atoms with Crippen LogP contribution in [0.1, 0.15) is 31.2 Å². The molecule has 4 nitrogen and oxygen atoms in total. The maximum atomic E-state index is 12.4. The fourth-order valence-corrected chi connectivity index (χ4v) is 3.90. The predicted octanol–water partition coefficient (Wildman–Crippen LogP) is 4.73. The van der Waals surface area contributed by atoms with Gasteiger partial charge in [-0.2, -0.15) is 0 Å². The summed E-state index contributed by atoms with van der Waals surface area (Å²) in [6.07, 6.45) is 4.73. The summed E-state index contributed by atoms with van der Waals surface area (Å²) in [6, 6.07) is 7.54. The van der Waals surface area contributed by atoms with Gasteiger partial charge in [0.05, 0.1) is 0 Å². The van der Waals surface area contributed by atoms with E-state index < -0.39 is 0 Å². The maximum absolute atomic E-state index is 12.4. The van der Waals surface area contributed by atoms with Gasteiger partial charge in [0.15, 0.2) is 0 Å². The molecule has 0 heterocycles. The monoisotopic (exact) mass is 281 g/mol. The second kappa shape index (κ2) is 5.74. The van der Waals surface area contributed by atoms with Crippen LogP contribution in [-0.2, 0) is 11.2 Å². The number of benzene rings is 1. The predicted molar refractivity (Wildman–Crippen MR) is 82.0 cm³/mol. The molecule has 0 aromatic heterocycles. The Balaban J connectivity index is 1.75. The van der Waals surface area contributed by atoms with Gasteiger partial charge >= 0.3 is 0 Å². The second-order valence-electron chi connectivity index (χ2n) is 6.36. The van der Waals surface area contributed by atoms with Gasteiger partial charge in [0.1, 0.15) is 5.78 Å². The van der Waals surface area contributed by atoms with Crippen LogP contribution >= 0.6 is 0 Å². The average molecular weight is 281 g/mol. The summed E-state index contributed by atoms with van der Waals surface area (Å²) in [7, 11) is 0. The fraction of sp³-hybridized carbons (Fsp3) is 0.471. The molecule has 0 unspecified atom stereocenters. The van der Waals surface area contributed by atoms with E-state index in [0.29, 0.717) is 23.3 Å². The number of carbonyl (C=O) groups excluding carboxylic acids is 1. The summed E-state index contributed by atoms with van der Waals surface area (Å²) in [5.74, 6) is 1.55. The summed E-state index contributed by atoms with van der Waals surface area (Å²) < 4.78 is 0. The lowest BCUT2D eigenvalue weighted by molar-refractivity contribution is -0.129. The zero-order valence-corrected chi connectivity index (χ0v) is 12.0. The Hall–Kier alpha value is -2.06. The number of nitrogens with zero attached hydrogens (tertiary/aromatic N) is 3. The summed E-state index contributed by atoms with van der Waals surface area (Å²) in [6.45, 7) is 4.14. The molecule has 4 heteroatoms. The Labute approximate surface area is 124 Å². The number of carbonyl (C=O) groups is 1. The largest absolute Gasteiger partial charge is 0.299 e. The molecule has 2 aliphatic rings. The minimum atomic E-state index is 0.128. The molecule has 2 aliphatic carbocycles. The van der Waals surface area contributed by atoms with E-state index in [1.54, 1.807) is 0 Å². The van der Waals surface area contributed by atoms with Crippen LogP contribution in [0.3, 0.4) is 0 Å².